The number of nitrogen functional groups attached to an aromatic ring is 1. The van der Waals surface area contributed by atoms with Gasteiger partial charge in [-0.2, -0.15) is 0 Å². The first-order valence-corrected chi connectivity index (χ1v) is 12.2. The van der Waals surface area contributed by atoms with Gasteiger partial charge < -0.3 is 15.8 Å². The third kappa shape index (κ3) is 4.91. The molecule has 2 saturated heterocycles. The lowest BCUT2D eigenvalue weighted by Crippen LogP contribution is -2.41. The largest absolute Gasteiger partial charge is 0.384 e. The van der Waals surface area contributed by atoms with Crippen LogP contribution in [0.25, 0.3) is 0 Å². The number of non-ortho nitro benzene ring substituents is 1. The zero-order valence-corrected chi connectivity index (χ0v) is 20.4. The number of fused-ring (bicyclic) bond motifs is 1. The molecule has 3 aromatic carbocycles. The number of nitrogens with one attached hydrogen (secondary N) is 2. The van der Waals surface area contributed by atoms with E-state index in [1.54, 1.807) is 24.3 Å². The number of nitro groups is 1. The molecule has 38 heavy (non-hydrogen) atoms. The molecule has 0 aliphatic carbocycles. The minimum Gasteiger partial charge on any atom is -0.384 e. The first-order chi connectivity index (χ1) is 18.3. The predicted octanol–water partition coefficient (Wildman–Crippen LogP) is 2.91. The molecule has 0 bridgehead atoms. The number of nitro benzene ring substituents is 1. The van der Waals surface area contributed by atoms with Crippen molar-refractivity contribution in [3.8, 4) is 0 Å². The number of amides is 2. The van der Waals surface area contributed by atoms with Crippen LogP contribution in [0.4, 0.5) is 5.69 Å². The molecular formula is C28H27N5O5. The van der Waals surface area contributed by atoms with E-state index >= 15 is 0 Å². The number of benzene rings is 3. The molecule has 2 aliphatic rings. The van der Waals surface area contributed by atoms with Gasteiger partial charge in [-0.05, 0) is 16.7 Å². The highest BCUT2D eigenvalue weighted by Gasteiger charge is 2.58. The van der Waals surface area contributed by atoms with Crippen LogP contribution in [-0.2, 0) is 27.5 Å². The molecule has 0 spiro atoms. The SMILES string of the molecule is N=C(N)c1ccc(C2NC(COCc3ccccc3)C3C(=O)N(Cc4ccc([N+](=O)[O-])cc4)C(=O)C23)cc1. The number of carbonyl (C=O) groups excluding carboxylic acids is 2. The van der Waals surface area contributed by atoms with E-state index in [0.717, 1.165) is 11.1 Å². The second kappa shape index (κ2) is 10.5. The second-order valence-corrected chi connectivity index (χ2v) is 9.52. The molecule has 4 atom stereocenters. The summed E-state index contributed by atoms with van der Waals surface area (Å²) < 4.78 is 5.97. The van der Waals surface area contributed by atoms with Crippen LogP contribution in [0, 0.1) is 27.4 Å². The van der Waals surface area contributed by atoms with Gasteiger partial charge in [0.15, 0.2) is 0 Å². The fraction of sp³-hybridized carbons (Fsp3) is 0.250. The fourth-order valence-electron chi connectivity index (χ4n) is 5.25. The Morgan fingerprint density at radius 1 is 0.947 bits per heavy atom. The van der Waals surface area contributed by atoms with Gasteiger partial charge in [0.2, 0.25) is 11.8 Å². The Bertz CT molecular complexity index is 1360. The van der Waals surface area contributed by atoms with Crippen molar-refractivity contribution in [3.05, 3.63) is 111 Å². The molecule has 10 heteroatoms. The lowest BCUT2D eigenvalue weighted by molar-refractivity contribution is -0.384. The zero-order valence-electron chi connectivity index (χ0n) is 20.4. The number of hydrogen-bond donors (Lipinski definition) is 3. The highest BCUT2D eigenvalue weighted by Crippen LogP contribution is 2.44. The van der Waals surface area contributed by atoms with Crippen LogP contribution in [0.15, 0.2) is 78.9 Å². The molecule has 2 heterocycles. The molecule has 0 saturated carbocycles. The number of nitrogens with zero attached hydrogens (tertiary/aromatic N) is 2. The Morgan fingerprint density at radius 2 is 1.61 bits per heavy atom. The van der Waals surface area contributed by atoms with Gasteiger partial charge in [-0.1, -0.05) is 66.7 Å². The fourth-order valence-corrected chi connectivity index (χ4v) is 5.25. The monoisotopic (exact) mass is 513 g/mol. The van der Waals surface area contributed by atoms with Gasteiger partial charge >= 0.3 is 0 Å². The average Bonchev–Trinajstić information content (AvgIpc) is 3.41. The third-order valence-electron chi connectivity index (χ3n) is 7.15. The summed E-state index contributed by atoms with van der Waals surface area (Å²) in [7, 11) is 0. The van der Waals surface area contributed by atoms with E-state index in [1.807, 2.05) is 42.5 Å². The summed E-state index contributed by atoms with van der Waals surface area (Å²) in [4.78, 5) is 39.0. The van der Waals surface area contributed by atoms with E-state index in [2.05, 4.69) is 5.32 Å². The van der Waals surface area contributed by atoms with Crippen LogP contribution in [-0.4, -0.2) is 40.1 Å². The van der Waals surface area contributed by atoms with Crippen molar-refractivity contribution in [2.45, 2.75) is 25.2 Å². The number of likely N-dealkylation sites (tertiary alicyclic amines) is 1. The number of ether oxygens (including phenoxy) is 1. The molecule has 2 fully saturated rings. The molecule has 4 unspecified atom stereocenters. The van der Waals surface area contributed by atoms with Gasteiger partial charge in [-0.3, -0.25) is 30.0 Å². The highest BCUT2D eigenvalue weighted by molar-refractivity contribution is 6.06. The van der Waals surface area contributed by atoms with Crippen molar-refractivity contribution in [1.82, 2.24) is 10.2 Å². The first-order valence-electron chi connectivity index (χ1n) is 12.2. The van der Waals surface area contributed by atoms with E-state index in [9.17, 15) is 19.7 Å². The maximum absolute atomic E-state index is 13.6. The van der Waals surface area contributed by atoms with E-state index in [1.165, 1.54) is 17.0 Å². The van der Waals surface area contributed by atoms with Crippen molar-refractivity contribution < 1.29 is 19.2 Å². The van der Waals surface area contributed by atoms with Crippen LogP contribution in [0.1, 0.15) is 28.3 Å². The van der Waals surface area contributed by atoms with Gasteiger partial charge in [0, 0.05) is 29.8 Å². The molecule has 2 aliphatic heterocycles. The minimum atomic E-state index is -0.631. The summed E-state index contributed by atoms with van der Waals surface area (Å²) in [5.41, 5.74) is 8.56. The van der Waals surface area contributed by atoms with E-state index in [-0.39, 0.29) is 42.5 Å². The maximum Gasteiger partial charge on any atom is 0.269 e. The van der Waals surface area contributed by atoms with Crippen LogP contribution in [0.2, 0.25) is 0 Å². The predicted molar refractivity (Wildman–Crippen MR) is 139 cm³/mol. The molecule has 4 N–H and O–H groups in total. The average molecular weight is 514 g/mol. The smallest absolute Gasteiger partial charge is 0.269 e. The van der Waals surface area contributed by atoms with Crippen molar-refractivity contribution >= 4 is 23.3 Å². The van der Waals surface area contributed by atoms with E-state index < -0.39 is 22.8 Å². The maximum atomic E-state index is 13.6. The summed E-state index contributed by atoms with van der Waals surface area (Å²) in [5, 5.41) is 22.1. The Morgan fingerprint density at radius 3 is 2.24 bits per heavy atom. The molecule has 194 valence electrons. The van der Waals surface area contributed by atoms with Crippen molar-refractivity contribution in [1.29, 1.82) is 5.41 Å². The molecule has 0 radical (unpaired) electrons. The molecule has 10 nitrogen and oxygen atoms in total. The molecule has 0 aromatic heterocycles. The lowest BCUT2D eigenvalue weighted by Gasteiger charge is -2.23. The summed E-state index contributed by atoms with van der Waals surface area (Å²) >= 11 is 0. The number of imide groups is 1. The summed E-state index contributed by atoms with van der Waals surface area (Å²) in [6, 6.07) is 21.8. The Kier molecular flexibility index (Phi) is 6.99. The second-order valence-electron chi connectivity index (χ2n) is 9.52. The number of hydrogen-bond acceptors (Lipinski definition) is 7. The number of carbonyl (C=O) groups is 2. The highest BCUT2D eigenvalue weighted by atomic mass is 16.6. The van der Waals surface area contributed by atoms with E-state index in [0.29, 0.717) is 17.7 Å². The van der Waals surface area contributed by atoms with Crippen molar-refractivity contribution in [3.63, 3.8) is 0 Å². The lowest BCUT2D eigenvalue weighted by atomic mass is 9.86. The van der Waals surface area contributed by atoms with Crippen molar-refractivity contribution in [2.75, 3.05) is 6.61 Å². The third-order valence-corrected chi connectivity index (χ3v) is 7.15. The molecular weight excluding hydrogens is 486 g/mol. The van der Waals surface area contributed by atoms with Crippen LogP contribution in [0.5, 0.6) is 0 Å². The Labute approximate surface area is 219 Å². The number of nitrogens with two attached hydrogens (primary N) is 1. The first kappa shape index (κ1) is 25.2. The van der Waals surface area contributed by atoms with E-state index in [4.69, 9.17) is 15.9 Å². The van der Waals surface area contributed by atoms with Gasteiger partial charge in [0.1, 0.15) is 5.84 Å². The molecule has 5 rings (SSSR count). The van der Waals surface area contributed by atoms with Gasteiger partial charge in [0.25, 0.3) is 5.69 Å². The Balaban J connectivity index is 1.39. The van der Waals surface area contributed by atoms with Crippen LogP contribution < -0.4 is 11.1 Å². The Hall–Kier alpha value is -4.41. The van der Waals surface area contributed by atoms with Gasteiger partial charge in [-0.15, -0.1) is 0 Å². The van der Waals surface area contributed by atoms with Crippen LogP contribution >= 0.6 is 0 Å². The number of amidine groups is 1. The van der Waals surface area contributed by atoms with Crippen LogP contribution in [0.3, 0.4) is 0 Å². The standard InChI is InChI=1S/C28H27N5O5/c29-26(30)20-10-8-19(9-11-20)25-24-23(22(31-25)16-38-15-18-4-2-1-3-5-18)27(34)32(28(24)35)14-17-6-12-21(13-7-17)33(36)37/h1-13,22-25,31H,14-16H2,(H3,29,30). The normalized spacial score (nSPS) is 22.5. The number of rotatable bonds is 9. The molecule has 2 amide bonds. The summed E-state index contributed by atoms with van der Waals surface area (Å²) in [5.74, 6) is -1.88. The zero-order chi connectivity index (χ0) is 26.8. The summed E-state index contributed by atoms with van der Waals surface area (Å²) in [6.45, 7) is 0.655. The van der Waals surface area contributed by atoms with Gasteiger partial charge in [-0.25, -0.2) is 0 Å². The van der Waals surface area contributed by atoms with Crippen molar-refractivity contribution in [2.24, 2.45) is 17.6 Å². The quantitative estimate of drug-likeness (QED) is 0.131. The molecule has 3 aromatic rings. The topological polar surface area (TPSA) is 152 Å². The minimum absolute atomic E-state index is 0.0379. The summed E-state index contributed by atoms with van der Waals surface area (Å²) in [6.07, 6.45) is 0. The van der Waals surface area contributed by atoms with Gasteiger partial charge in [0.05, 0.1) is 36.5 Å².